The van der Waals surface area contributed by atoms with Gasteiger partial charge in [-0.1, -0.05) is 26.0 Å². The SMILES string of the molecule is CC(C)CCCNC(=NCc1ccc(S(N)(=O)=O)cc1)NCCc1ccco1. The van der Waals surface area contributed by atoms with Crippen molar-refractivity contribution in [2.75, 3.05) is 13.1 Å². The molecule has 0 aliphatic heterocycles. The first-order valence-electron chi connectivity index (χ1n) is 9.51. The zero-order chi connectivity index (χ0) is 20.4. The summed E-state index contributed by atoms with van der Waals surface area (Å²) < 4.78 is 28.0. The molecule has 0 amide bonds. The highest BCUT2D eigenvalue weighted by Crippen LogP contribution is 2.09. The fourth-order valence-corrected chi connectivity index (χ4v) is 3.12. The average molecular weight is 407 g/mol. The molecule has 2 rings (SSSR count). The zero-order valence-corrected chi connectivity index (χ0v) is 17.3. The van der Waals surface area contributed by atoms with Gasteiger partial charge in [-0.25, -0.2) is 18.5 Å². The fourth-order valence-electron chi connectivity index (χ4n) is 2.61. The van der Waals surface area contributed by atoms with Crippen molar-refractivity contribution >= 4 is 16.0 Å². The molecular formula is C20H30N4O3S. The number of sulfonamides is 1. The summed E-state index contributed by atoms with van der Waals surface area (Å²) in [5, 5.41) is 11.8. The van der Waals surface area contributed by atoms with Crippen LogP contribution in [0.2, 0.25) is 0 Å². The average Bonchev–Trinajstić information content (AvgIpc) is 3.15. The molecule has 0 atom stereocenters. The van der Waals surface area contributed by atoms with Gasteiger partial charge in [0, 0.05) is 19.5 Å². The van der Waals surface area contributed by atoms with E-state index >= 15 is 0 Å². The van der Waals surface area contributed by atoms with Crippen LogP contribution in [0.25, 0.3) is 0 Å². The van der Waals surface area contributed by atoms with Gasteiger partial charge in [0.05, 0.1) is 17.7 Å². The predicted octanol–water partition coefficient (Wildman–Crippen LogP) is 2.64. The van der Waals surface area contributed by atoms with Crippen LogP contribution in [0.15, 0.2) is 57.0 Å². The van der Waals surface area contributed by atoms with E-state index in [0.717, 1.165) is 43.1 Å². The highest BCUT2D eigenvalue weighted by Gasteiger charge is 2.07. The Balaban J connectivity index is 1.93. The number of nitrogens with one attached hydrogen (secondary N) is 2. The summed E-state index contributed by atoms with van der Waals surface area (Å²) in [5.41, 5.74) is 0.904. The number of aliphatic imine (C=N–C) groups is 1. The maximum Gasteiger partial charge on any atom is 0.238 e. The topological polar surface area (TPSA) is 110 Å². The number of furan rings is 1. The number of primary sulfonamides is 1. The minimum absolute atomic E-state index is 0.101. The maximum absolute atomic E-state index is 11.3. The molecule has 0 saturated heterocycles. The normalized spacial score (nSPS) is 12.4. The maximum atomic E-state index is 11.3. The lowest BCUT2D eigenvalue weighted by Gasteiger charge is -2.13. The van der Waals surface area contributed by atoms with E-state index in [-0.39, 0.29) is 4.90 Å². The van der Waals surface area contributed by atoms with Gasteiger partial charge in [-0.2, -0.15) is 0 Å². The fraction of sp³-hybridized carbons (Fsp3) is 0.450. The Morgan fingerprint density at radius 3 is 2.46 bits per heavy atom. The molecule has 0 saturated carbocycles. The second-order valence-electron chi connectivity index (χ2n) is 7.07. The lowest BCUT2D eigenvalue weighted by atomic mass is 10.1. The molecule has 4 N–H and O–H groups in total. The van der Waals surface area contributed by atoms with Gasteiger partial charge >= 0.3 is 0 Å². The van der Waals surface area contributed by atoms with Crippen LogP contribution in [-0.4, -0.2) is 27.5 Å². The molecule has 8 heteroatoms. The Kier molecular flexibility index (Phi) is 8.53. The van der Waals surface area contributed by atoms with Crippen LogP contribution < -0.4 is 15.8 Å². The van der Waals surface area contributed by atoms with Crippen molar-refractivity contribution in [3.05, 3.63) is 54.0 Å². The standard InChI is InChI=1S/C20H30N4O3S/c1-16(2)5-3-12-22-20(23-13-11-18-6-4-14-27-18)24-15-17-7-9-19(10-8-17)28(21,25)26/h4,6-10,14,16H,3,5,11-13,15H2,1-2H3,(H2,21,25,26)(H2,22,23,24). The van der Waals surface area contributed by atoms with E-state index in [2.05, 4.69) is 29.5 Å². The van der Waals surface area contributed by atoms with E-state index in [4.69, 9.17) is 9.56 Å². The van der Waals surface area contributed by atoms with E-state index in [1.54, 1.807) is 18.4 Å². The molecule has 1 aromatic heterocycles. The molecule has 0 fully saturated rings. The van der Waals surface area contributed by atoms with Crippen molar-refractivity contribution < 1.29 is 12.8 Å². The van der Waals surface area contributed by atoms with Gasteiger partial charge in [0.15, 0.2) is 5.96 Å². The molecule has 0 bridgehead atoms. The van der Waals surface area contributed by atoms with Gasteiger partial charge in [0.1, 0.15) is 5.76 Å². The van der Waals surface area contributed by atoms with Crippen molar-refractivity contribution in [2.24, 2.45) is 16.0 Å². The Hall–Kier alpha value is -2.32. The Bertz CT molecular complexity index is 829. The summed E-state index contributed by atoms with van der Waals surface area (Å²) in [6.45, 7) is 6.40. The molecule has 1 heterocycles. The highest BCUT2D eigenvalue weighted by atomic mass is 32.2. The van der Waals surface area contributed by atoms with Crippen molar-refractivity contribution in [2.45, 2.75) is 44.6 Å². The van der Waals surface area contributed by atoms with Crippen LogP contribution in [0.1, 0.15) is 38.0 Å². The monoisotopic (exact) mass is 406 g/mol. The highest BCUT2D eigenvalue weighted by molar-refractivity contribution is 7.89. The molecule has 2 aromatic rings. The van der Waals surface area contributed by atoms with Gasteiger partial charge in [-0.05, 0) is 48.6 Å². The molecule has 0 spiro atoms. The molecule has 0 unspecified atom stereocenters. The third-order valence-corrected chi connectivity index (χ3v) is 5.10. The number of nitrogens with zero attached hydrogens (tertiary/aromatic N) is 1. The third-order valence-electron chi connectivity index (χ3n) is 4.17. The number of guanidine groups is 1. The smallest absolute Gasteiger partial charge is 0.238 e. The number of benzene rings is 1. The number of rotatable bonds is 10. The van der Waals surface area contributed by atoms with E-state index in [0.29, 0.717) is 19.0 Å². The van der Waals surface area contributed by atoms with Crippen LogP contribution >= 0.6 is 0 Å². The summed E-state index contributed by atoms with van der Waals surface area (Å²) in [7, 11) is -3.68. The van der Waals surface area contributed by atoms with Gasteiger partial charge in [-0.15, -0.1) is 0 Å². The predicted molar refractivity (Wildman–Crippen MR) is 111 cm³/mol. The molecule has 0 radical (unpaired) electrons. The minimum Gasteiger partial charge on any atom is -0.469 e. The van der Waals surface area contributed by atoms with Gasteiger partial charge in [0.2, 0.25) is 10.0 Å². The summed E-state index contributed by atoms with van der Waals surface area (Å²) in [6.07, 6.45) is 4.66. The first kappa shape index (κ1) is 22.0. The number of hydrogen-bond donors (Lipinski definition) is 3. The van der Waals surface area contributed by atoms with Crippen molar-refractivity contribution in [3.63, 3.8) is 0 Å². The van der Waals surface area contributed by atoms with Crippen LogP contribution in [0.5, 0.6) is 0 Å². The van der Waals surface area contributed by atoms with Crippen molar-refractivity contribution in [3.8, 4) is 0 Å². The number of nitrogens with two attached hydrogens (primary N) is 1. The van der Waals surface area contributed by atoms with E-state index in [1.807, 2.05) is 12.1 Å². The lowest BCUT2D eigenvalue weighted by molar-refractivity contribution is 0.506. The molecule has 7 nitrogen and oxygen atoms in total. The largest absolute Gasteiger partial charge is 0.469 e. The molecule has 1 aromatic carbocycles. The lowest BCUT2D eigenvalue weighted by Crippen LogP contribution is -2.39. The quantitative estimate of drug-likeness (QED) is 0.319. The van der Waals surface area contributed by atoms with Crippen LogP contribution in [-0.2, 0) is 23.0 Å². The third kappa shape index (κ3) is 8.14. The summed E-state index contributed by atoms with van der Waals surface area (Å²) in [6, 6.07) is 10.3. The molecule has 28 heavy (non-hydrogen) atoms. The van der Waals surface area contributed by atoms with E-state index in [1.165, 1.54) is 12.1 Å². The molecule has 0 aliphatic carbocycles. The first-order chi connectivity index (χ1) is 13.3. The van der Waals surface area contributed by atoms with Crippen LogP contribution in [0.4, 0.5) is 0 Å². The molecule has 0 aliphatic rings. The summed E-state index contributed by atoms with van der Waals surface area (Å²) in [5.74, 6) is 2.32. The summed E-state index contributed by atoms with van der Waals surface area (Å²) in [4.78, 5) is 4.71. The van der Waals surface area contributed by atoms with Crippen LogP contribution in [0, 0.1) is 5.92 Å². The second-order valence-corrected chi connectivity index (χ2v) is 8.63. The zero-order valence-electron chi connectivity index (χ0n) is 16.5. The Labute approximate surface area is 167 Å². The van der Waals surface area contributed by atoms with Crippen LogP contribution in [0.3, 0.4) is 0 Å². The van der Waals surface area contributed by atoms with Crippen molar-refractivity contribution in [1.29, 1.82) is 0 Å². The number of hydrogen-bond acceptors (Lipinski definition) is 4. The van der Waals surface area contributed by atoms with E-state index < -0.39 is 10.0 Å². The Morgan fingerprint density at radius 2 is 1.86 bits per heavy atom. The Morgan fingerprint density at radius 1 is 1.14 bits per heavy atom. The van der Waals surface area contributed by atoms with Gasteiger partial charge < -0.3 is 15.1 Å². The van der Waals surface area contributed by atoms with Crippen molar-refractivity contribution in [1.82, 2.24) is 10.6 Å². The summed E-state index contributed by atoms with van der Waals surface area (Å²) >= 11 is 0. The van der Waals surface area contributed by atoms with Gasteiger partial charge in [-0.3, -0.25) is 0 Å². The first-order valence-corrected chi connectivity index (χ1v) is 11.1. The molecule has 154 valence electrons. The molecular weight excluding hydrogens is 376 g/mol. The van der Waals surface area contributed by atoms with E-state index in [9.17, 15) is 8.42 Å². The second kappa shape index (κ2) is 10.9. The minimum atomic E-state index is -3.68. The van der Waals surface area contributed by atoms with Gasteiger partial charge in [0.25, 0.3) is 0 Å².